The van der Waals surface area contributed by atoms with Gasteiger partial charge in [0.1, 0.15) is 24.1 Å². The van der Waals surface area contributed by atoms with Gasteiger partial charge in [0.25, 0.3) is 0 Å². The molecule has 1 aromatic heterocycles. The second kappa shape index (κ2) is 9.09. The van der Waals surface area contributed by atoms with E-state index in [4.69, 9.17) is 16.3 Å². The van der Waals surface area contributed by atoms with Gasteiger partial charge in [-0.05, 0) is 61.9 Å². The van der Waals surface area contributed by atoms with Crippen molar-refractivity contribution in [1.29, 1.82) is 0 Å². The average molecular weight is 411 g/mol. The van der Waals surface area contributed by atoms with Crippen LogP contribution in [-0.2, 0) is 11.2 Å². The van der Waals surface area contributed by atoms with Gasteiger partial charge in [-0.1, -0.05) is 29.8 Å². The zero-order valence-electron chi connectivity index (χ0n) is 16.1. The summed E-state index contributed by atoms with van der Waals surface area (Å²) < 4.78 is 7.60. The normalized spacial score (nSPS) is 14.1. The van der Waals surface area contributed by atoms with E-state index in [1.165, 1.54) is 19.2 Å². The molecule has 7 heteroatoms. The van der Waals surface area contributed by atoms with Crippen LogP contribution >= 0.6 is 11.6 Å². The van der Waals surface area contributed by atoms with Crippen molar-refractivity contribution in [2.45, 2.75) is 44.6 Å². The molecule has 4 rings (SSSR count). The van der Waals surface area contributed by atoms with Gasteiger partial charge in [-0.2, -0.15) is 5.10 Å². The number of halogens is 1. The molecule has 0 spiro atoms. The van der Waals surface area contributed by atoms with Gasteiger partial charge >= 0.3 is 0 Å². The van der Waals surface area contributed by atoms with Crippen LogP contribution in [0.2, 0.25) is 5.02 Å². The number of amides is 1. The number of rotatable bonds is 7. The van der Waals surface area contributed by atoms with Crippen LogP contribution in [0.4, 0.5) is 5.69 Å². The Hall–Kier alpha value is -2.86. The van der Waals surface area contributed by atoms with Gasteiger partial charge in [-0.3, -0.25) is 4.79 Å². The van der Waals surface area contributed by atoms with Gasteiger partial charge in [0.05, 0.1) is 16.8 Å². The first-order valence-electron chi connectivity index (χ1n) is 9.88. The molecule has 1 fully saturated rings. The lowest BCUT2D eigenvalue weighted by molar-refractivity contribution is -0.116. The number of anilines is 1. The summed E-state index contributed by atoms with van der Waals surface area (Å²) in [5.41, 5.74) is 2.29. The highest BCUT2D eigenvalue weighted by Gasteiger charge is 2.17. The van der Waals surface area contributed by atoms with Gasteiger partial charge in [0.2, 0.25) is 5.91 Å². The predicted molar refractivity (Wildman–Crippen MR) is 113 cm³/mol. The number of carbonyl (C=O) groups excluding carboxylic acids is 1. The van der Waals surface area contributed by atoms with Crippen LogP contribution in [0.3, 0.4) is 0 Å². The van der Waals surface area contributed by atoms with Crippen molar-refractivity contribution < 1.29 is 9.53 Å². The monoisotopic (exact) mass is 410 g/mol. The summed E-state index contributed by atoms with van der Waals surface area (Å²) >= 11 is 6.31. The highest BCUT2D eigenvalue weighted by Crippen LogP contribution is 2.28. The highest BCUT2D eigenvalue weighted by molar-refractivity contribution is 6.33. The smallest absolute Gasteiger partial charge is 0.224 e. The fourth-order valence-electron chi connectivity index (χ4n) is 3.62. The van der Waals surface area contributed by atoms with Crippen molar-refractivity contribution >= 4 is 23.2 Å². The molecular formula is C22H23ClN4O2. The lowest BCUT2D eigenvalue weighted by atomic mass is 10.1. The predicted octanol–water partition coefficient (Wildman–Crippen LogP) is 4.81. The molecule has 0 bridgehead atoms. The lowest BCUT2D eigenvalue weighted by Gasteiger charge is -2.14. The molecule has 1 heterocycles. The number of nitrogens with zero attached hydrogens (tertiary/aromatic N) is 3. The van der Waals surface area contributed by atoms with Crippen molar-refractivity contribution in [1.82, 2.24) is 14.8 Å². The molecule has 2 aromatic carbocycles. The van der Waals surface area contributed by atoms with Gasteiger partial charge in [0, 0.05) is 6.42 Å². The standard InChI is InChI=1S/C22H23ClN4O2/c23-19-9-4-10-20(22(19)27-15-24-14-25-27)26-21(28)12-11-16-5-3-8-18(13-16)29-17-6-1-2-7-17/h3-5,8-10,13-15,17H,1-2,6-7,11-12H2,(H,26,28). The van der Waals surface area contributed by atoms with Crippen LogP contribution in [0.5, 0.6) is 5.75 Å². The summed E-state index contributed by atoms with van der Waals surface area (Å²) in [7, 11) is 0. The van der Waals surface area contributed by atoms with E-state index < -0.39 is 0 Å². The Morgan fingerprint density at radius 2 is 2.03 bits per heavy atom. The molecule has 3 aromatic rings. The molecule has 1 saturated carbocycles. The van der Waals surface area contributed by atoms with Crippen LogP contribution in [0.25, 0.3) is 5.69 Å². The third-order valence-corrected chi connectivity index (χ3v) is 5.36. The average Bonchev–Trinajstić information content (AvgIpc) is 3.41. The first-order valence-corrected chi connectivity index (χ1v) is 10.3. The topological polar surface area (TPSA) is 69.0 Å². The van der Waals surface area contributed by atoms with Crippen molar-refractivity contribution in [3.05, 3.63) is 65.7 Å². The van der Waals surface area contributed by atoms with E-state index >= 15 is 0 Å². The maximum absolute atomic E-state index is 12.6. The Balaban J connectivity index is 1.38. The summed E-state index contributed by atoms with van der Waals surface area (Å²) in [5, 5.41) is 7.55. The molecule has 0 unspecified atom stereocenters. The van der Waals surface area contributed by atoms with E-state index in [9.17, 15) is 4.79 Å². The maximum atomic E-state index is 12.6. The number of nitrogens with one attached hydrogen (secondary N) is 1. The second-order valence-electron chi connectivity index (χ2n) is 7.20. The summed E-state index contributed by atoms with van der Waals surface area (Å²) in [6, 6.07) is 13.4. The summed E-state index contributed by atoms with van der Waals surface area (Å²) in [5.74, 6) is 0.800. The zero-order valence-corrected chi connectivity index (χ0v) is 16.8. The van der Waals surface area contributed by atoms with Crippen LogP contribution in [0.1, 0.15) is 37.7 Å². The summed E-state index contributed by atoms with van der Waals surface area (Å²) in [4.78, 5) is 16.5. The first-order chi connectivity index (χ1) is 14.2. The van der Waals surface area contributed by atoms with Crippen molar-refractivity contribution in [3.63, 3.8) is 0 Å². The fourth-order valence-corrected chi connectivity index (χ4v) is 3.88. The Morgan fingerprint density at radius 3 is 2.83 bits per heavy atom. The van der Waals surface area contributed by atoms with Crippen molar-refractivity contribution in [2.24, 2.45) is 0 Å². The molecule has 1 aliphatic rings. The van der Waals surface area contributed by atoms with Gasteiger partial charge in [0.15, 0.2) is 0 Å². The number of carbonyl (C=O) groups is 1. The molecule has 1 N–H and O–H groups in total. The number of hydrogen-bond donors (Lipinski definition) is 1. The Kier molecular flexibility index (Phi) is 6.10. The summed E-state index contributed by atoms with van der Waals surface area (Å²) in [6.45, 7) is 0. The van der Waals surface area contributed by atoms with Crippen LogP contribution in [0, 0.1) is 0 Å². The number of aromatic nitrogens is 3. The molecule has 1 aliphatic carbocycles. The number of aryl methyl sites for hydroxylation is 1. The Morgan fingerprint density at radius 1 is 1.21 bits per heavy atom. The fraction of sp³-hybridized carbons (Fsp3) is 0.318. The quantitative estimate of drug-likeness (QED) is 0.606. The number of ether oxygens (including phenoxy) is 1. The third-order valence-electron chi connectivity index (χ3n) is 5.05. The minimum absolute atomic E-state index is 0.0873. The lowest BCUT2D eigenvalue weighted by Crippen LogP contribution is -2.15. The van der Waals surface area contributed by atoms with Gasteiger partial charge in [-0.25, -0.2) is 9.67 Å². The largest absolute Gasteiger partial charge is 0.490 e. The van der Waals surface area contributed by atoms with E-state index in [2.05, 4.69) is 15.4 Å². The van der Waals surface area contributed by atoms with Crippen molar-refractivity contribution in [2.75, 3.05) is 5.32 Å². The molecule has 0 saturated heterocycles. The van der Waals surface area contributed by atoms with E-state index in [-0.39, 0.29) is 5.91 Å². The number of hydrogen-bond acceptors (Lipinski definition) is 4. The highest BCUT2D eigenvalue weighted by atomic mass is 35.5. The van der Waals surface area contributed by atoms with Crippen LogP contribution < -0.4 is 10.1 Å². The SMILES string of the molecule is O=C(CCc1cccc(OC2CCCC2)c1)Nc1cccc(Cl)c1-n1cncn1. The Labute approximate surface area is 174 Å². The van der Waals surface area contributed by atoms with Crippen LogP contribution in [-0.4, -0.2) is 26.8 Å². The minimum Gasteiger partial charge on any atom is -0.490 e. The van der Waals surface area contributed by atoms with E-state index in [0.717, 1.165) is 24.2 Å². The summed E-state index contributed by atoms with van der Waals surface area (Å²) in [6.07, 6.45) is 9.02. The second-order valence-corrected chi connectivity index (χ2v) is 7.60. The van der Waals surface area contributed by atoms with Gasteiger partial charge < -0.3 is 10.1 Å². The molecular weight excluding hydrogens is 388 g/mol. The first kappa shape index (κ1) is 19.5. The molecule has 6 nitrogen and oxygen atoms in total. The molecule has 29 heavy (non-hydrogen) atoms. The molecule has 0 radical (unpaired) electrons. The van der Waals surface area contributed by atoms with E-state index in [1.54, 1.807) is 29.2 Å². The van der Waals surface area contributed by atoms with Crippen LogP contribution in [0.15, 0.2) is 55.1 Å². The molecule has 150 valence electrons. The van der Waals surface area contributed by atoms with E-state index in [1.807, 2.05) is 24.3 Å². The number of para-hydroxylation sites is 1. The number of benzene rings is 2. The van der Waals surface area contributed by atoms with Gasteiger partial charge in [-0.15, -0.1) is 0 Å². The Bertz CT molecular complexity index is 969. The van der Waals surface area contributed by atoms with Crippen molar-refractivity contribution in [3.8, 4) is 11.4 Å². The molecule has 0 aliphatic heterocycles. The third kappa shape index (κ3) is 4.95. The molecule has 1 amide bonds. The zero-order chi connectivity index (χ0) is 20.1. The maximum Gasteiger partial charge on any atom is 0.224 e. The molecule has 0 atom stereocenters. The minimum atomic E-state index is -0.0873. The van der Waals surface area contributed by atoms with E-state index in [0.29, 0.717) is 35.3 Å².